The van der Waals surface area contributed by atoms with Gasteiger partial charge in [0.1, 0.15) is 0 Å². The van der Waals surface area contributed by atoms with E-state index in [4.69, 9.17) is 0 Å². The minimum atomic E-state index is -3.42. The lowest BCUT2D eigenvalue weighted by Gasteiger charge is -2.11. The predicted octanol–water partition coefficient (Wildman–Crippen LogP) is 1.16. The Morgan fingerprint density at radius 3 is 2.57 bits per heavy atom. The summed E-state index contributed by atoms with van der Waals surface area (Å²) in [6.45, 7) is 3.49. The fraction of sp³-hybridized carbons (Fsp3) is 0.533. The lowest BCUT2D eigenvalue weighted by Crippen LogP contribution is -2.31. The molecule has 1 fully saturated rings. The van der Waals surface area contributed by atoms with Crippen molar-refractivity contribution in [1.29, 1.82) is 0 Å². The number of sulfonamides is 1. The third-order valence-corrected chi connectivity index (χ3v) is 5.21. The van der Waals surface area contributed by atoms with Gasteiger partial charge in [0.25, 0.3) is 0 Å². The topological polar surface area (TPSA) is 87.3 Å². The number of benzene rings is 1. The summed E-state index contributed by atoms with van der Waals surface area (Å²) in [5.74, 6) is 0.0174. The Hall–Kier alpha value is -1.15. The molecule has 1 heterocycles. The highest BCUT2D eigenvalue weighted by molar-refractivity contribution is 7.89. The fourth-order valence-electron chi connectivity index (χ4n) is 2.49. The number of hydrogen-bond donors (Lipinski definition) is 3. The normalized spacial score (nSPS) is 17.5. The summed E-state index contributed by atoms with van der Waals surface area (Å²) in [4.78, 5) is 12.1. The van der Waals surface area contributed by atoms with Gasteiger partial charge >= 0.3 is 0 Å². The molecule has 0 bridgehead atoms. The van der Waals surface area contributed by atoms with Crippen LogP contribution in [0.5, 0.6) is 0 Å². The number of nitrogens with one attached hydrogen (secondary N) is 3. The highest BCUT2D eigenvalue weighted by Gasteiger charge is 2.17. The van der Waals surface area contributed by atoms with Crippen LogP contribution >= 0.6 is 12.4 Å². The average Bonchev–Trinajstić information content (AvgIpc) is 2.98. The summed E-state index contributed by atoms with van der Waals surface area (Å²) in [6, 6.07) is 6.83. The molecule has 3 N–H and O–H groups in total. The van der Waals surface area contributed by atoms with Crippen LogP contribution in [0.1, 0.15) is 31.7 Å². The largest absolute Gasteiger partial charge is 0.352 e. The van der Waals surface area contributed by atoms with Crippen LogP contribution in [0.4, 0.5) is 0 Å². The van der Waals surface area contributed by atoms with Crippen LogP contribution < -0.4 is 15.4 Å². The minimum absolute atomic E-state index is 0. The van der Waals surface area contributed by atoms with Gasteiger partial charge in [0.05, 0.1) is 4.90 Å². The van der Waals surface area contributed by atoms with E-state index in [2.05, 4.69) is 15.4 Å². The van der Waals surface area contributed by atoms with Gasteiger partial charge in [-0.1, -0.05) is 19.1 Å². The van der Waals surface area contributed by atoms with Crippen LogP contribution in [-0.4, -0.2) is 33.5 Å². The molecule has 1 aliphatic heterocycles. The van der Waals surface area contributed by atoms with E-state index in [9.17, 15) is 13.2 Å². The van der Waals surface area contributed by atoms with Crippen LogP contribution in [-0.2, 0) is 21.4 Å². The summed E-state index contributed by atoms with van der Waals surface area (Å²) in [5, 5.41) is 6.15. The first-order chi connectivity index (χ1) is 10.5. The van der Waals surface area contributed by atoms with E-state index < -0.39 is 10.0 Å². The lowest BCUT2D eigenvalue weighted by atomic mass is 10.1. The summed E-state index contributed by atoms with van der Waals surface area (Å²) in [7, 11) is -3.42. The zero-order valence-corrected chi connectivity index (χ0v) is 14.8. The Morgan fingerprint density at radius 1 is 1.30 bits per heavy atom. The van der Waals surface area contributed by atoms with Crippen molar-refractivity contribution in [2.75, 3.05) is 13.1 Å². The molecule has 1 amide bonds. The number of carbonyl (C=O) groups is 1. The zero-order valence-electron chi connectivity index (χ0n) is 13.2. The molecule has 1 aliphatic rings. The Morgan fingerprint density at radius 2 is 2.00 bits per heavy atom. The summed E-state index contributed by atoms with van der Waals surface area (Å²) in [6.07, 6.45) is 2.66. The van der Waals surface area contributed by atoms with Gasteiger partial charge in [-0.2, -0.15) is 0 Å². The molecule has 130 valence electrons. The Kier molecular flexibility index (Phi) is 7.98. The van der Waals surface area contributed by atoms with Gasteiger partial charge in [0, 0.05) is 25.6 Å². The van der Waals surface area contributed by atoms with Crippen molar-refractivity contribution in [2.24, 2.45) is 0 Å². The standard InChI is InChI=1S/C15H23N3O3S.ClH/c1-2-18-22(20,21)14-7-5-12(6-8-14)11-17-15(19)10-13-4-3-9-16-13;/h5-8,13,16,18H,2-4,9-11H2,1H3,(H,17,19);1H. The first kappa shape index (κ1) is 19.9. The number of carbonyl (C=O) groups excluding carboxylic acids is 1. The van der Waals surface area contributed by atoms with Crippen LogP contribution in [0.15, 0.2) is 29.2 Å². The summed E-state index contributed by atoms with van der Waals surface area (Å²) in [5.41, 5.74) is 0.878. The molecule has 0 aromatic heterocycles. The van der Waals surface area contributed by atoms with Gasteiger partial charge < -0.3 is 10.6 Å². The molecule has 1 saturated heterocycles. The van der Waals surface area contributed by atoms with Crippen molar-refractivity contribution in [3.05, 3.63) is 29.8 Å². The quantitative estimate of drug-likeness (QED) is 0.680. The summed E-state index contributed by atoms with van der Waals surface area (Å²) < 4.78 is 26.1. The molecule has 8 heteroatoms. The van der Waals surface area contributed by atoms with Gasteiger partial charge in [-0.15, -0.1) is 12.4 Å². The van der Waals surface area contributed by atoms with E-state index in [1.165, 1.54) is 0 Å². The van der Waals surface area contributed by atoms with Gasteiger partial charge in [-0.3, -0.25) is 4.79 Å². The maximum absolute atomic E-state index is 11.8. The second kappa shape index (κ2) is 9.22. The minimum Gasteiger partial charge on any atom is -0.352 e. The highest BCUT2D eigenvalue weighted by Crippen LogP contribution is 2.11. The average molecular weight is 362 g/mol. The Bertz CT molecular complexity index is 599. The highest BCUT2D eigenvalue weighted by atomic mass is 35.5. The van der Waals surface area contributed by atoms with E-state index in [0.717, 1.165) is 24.9 Å². The van der Waals surface area contributed by atoms with Gasteiger partial charge in [-0.05, 0) is 37.1 Å². The first-order valence-corrected chi connectivity index (χ1v) is 9.08. The third kappa shape index (κ3) is 6.10. The van der Waals surface area contributed by atoms with E-state index in [1.54, 1.807) is 31.2 Å². The molecule has 1 aromatic rings. The van der Waals surface area contributed by atoms with Crippen molar-refractivity contribution in [2.45, 2.75) is 43.7 Å². The Labute approximate surface area is 143 Å². The van der Waals surface area contributed by atoms with Crippen LogP contribution in [0, 0.1) is 0 Å². The molecular formula is C15H24ClN3O3S. The molecule has 0 saturated carbocycles. The summed E-state index contributed by atoms with van der Waals surface area (Å²) >= 11 is 0. The number of amides is 1. The Balaban J connectivity index is 0.00000264. The monoisotopic (exact) mass is 361 g/mol. The van der Waals surface area contributed by atoms with Gasteiger partial charge in [0.2, 0.25) is 15.9 Å². The van der Waals surface area contributed by atoms with Crippen molar-refractivity contribution in [3.63, 3.8) is 0 Å². The van der Waals surface area contributed by atoms with Gasteiger partial charge in [-0.25, -0.2) is 13.1 Å². The lowest BCUT2D eigenvalue weighted by molar-refractivity contribution is -0.121. The third-order valence-electron chi connectivity index (χ3n) is 3.65. The number of hydrogen-bond acceptors (Lipinski definition) is 4. The second-order valence-corrected chi connectivity index (χ2v) is 7.19. The van der Waals surface area contributed by atoms with Crippen LogP contribution in [0.25, 0.3) is 0 Å². The van der Waals surface area contributed by atoms with E-state index in [-0.39, 0.29) is 29.3 Å². The number of halogens is 1. The molecule has 1 unspecified atom stereocenters. The van der Waals surface area contributed by atoms with E-state index in [0.29, 0.717) is 19.5 Å². The zero-order chi connectivity index (χ0) is 16.0. The molecular weight excluding hydrogens is 338 g/mol. The van der Waals surface area contributed by atoms with E-state index in [1.807, 2.05) is 0 Å². The maximum atomic E-state index is 11.8. The molecule has 0 spiro atoms. The van der Waals surface area contributed by atoms with Crippen molar-refractivity contribution in [1.82, 2.24) is 15.4 Å². The van der Waals surface area contributed by atoms with Crippen molar-refractivity contribution >= 4 is 28.3 Å². The molecule has 23 heavy (non-hydrogen) atoms. The molecule has 1 aromatic carbocycles. The van der Waals surface area contributed by atoms with Gasteiger partial charge in [0.15, 0.2) is 0 Å². The first-order valence-electron chi connectivity index (χ1n) is 7.60. The van der Waals surface area contributed by atoms with Crippen molar-refractivity contribution in [3.8, 4) is 0 Å². The van der Waals surface area contributed by atoms with Crippen molar-refractivity contribution < 1.29 is 13.2 Å². The van der Waals surface area contributed by atoms with E-state index >= 15 is 0 Å². The second-order valence-electron chi connectivity index (χ2n) is 5.42. The SMILES string of the molecule is CCNS(=O)(=O)c1ccc(CNC(=O)CC2CCCN2)cc1.Cl. The van der Waals surface area contributed by atoms with Crippen LogP contribution in [0.2, 0.25) is 0 Å². The molecule has 0 radical (unpaired) electrons. The van der Waals surface area contributed by atoms with Crippen LogP contribution in [0.3, 0.4) is 0 Å². The maximum Gasteiger partial charge on any atom is 0.240 e. The fourth-order valence-corrected chi connectivity index (χ4v) is 3.53. The molecule has 6 nitrogen and oxygen atoms in total. The predicted molar refractivity (Wildman–Crippen MR) is 92.0 cm³/mol. The number of rotatable bonds is 7. The smallest absolute Gasteiger partial charge is 0.240 e. The molecule has 1 atom stereocenters. The molecule has 2 rings (SSSR count). The molecule has 0 aliphatic carbocycles.